The molecule has 0 amide bonds. The average Bonchev–Trinajstić information content (AvgIpc) is 1.94. The van der Waals surface area contributed by atoms with Gasteiger partial charge in [-0.2, -0.15) is 0 Å². The molecular weight excluding hydrogens is 191 g/mol. The molecular formula is C10H14Cl2. The fourth-order valence-corrected chi connectivity index (χ4v) is 0.663. The summed E-state index contributed by atoms with van der Waals surface area (Å²) in [5.74, 6) is 0. The molecule has 0 aliphatic rings. The number of alkyl halides is 2. The third kappa shape index (κ3) is 6.51. The Morgan fingerprint density at radius 2 is 1.25 bits per heavy atom. The molecule has 0 aliphatic heterocycles. The van der Waals surface area contributed by atoms with E-state index < -0.39 is 0 Å². The molecule has 1 rings (SSSR count). The number of hydrogen-bond donors (Lipinski definition) is 0. The summed E-state index contributed by atoms with van der Waals surface area (Å²) in [5.41, 5.74) is 2.74. The standard InChI is InChI=1S/C8H10.C2H4Cl2/c1-7-5-3-4-6-8(7)2;1-2(3)4/h3-6H,1-2H3;2H,1H3. The van der Waals surface area contributed by atoms with Crippen molar-refractivity contribution in [1.82, 2.24) is 0 Å². The van der Waals surface area contributed by atoms with Crippen LogP contribution in [-0.2, 0) is 0 Å². The molecule has 0 atom stereocenters. The number of aryl methyl sites for hydroxylation is 2. The first kappa shape index (κ1) is 11.8. The van der Waals surface area contributed by atoms with Crippen LogP contribution in [0.1, 0.15) is 18.1 Å². The van der Waals surface area contributed by atoms with Gasteiger partial charge in [0.05, 0.1) is 0 Å². The van der Waals surface area contributed by atoms with Crippen molar-refractivity contribution in [1.29, 1.82) is 0 Å². The van der Waals surface area contributed by atoms with Gasteiger partial charge in [-0.15, -0.1) is 23.2 Å². The van der Waals surface area contributed by atoms with Gasteiger partial charge in [-0.05, 0) is 31.9 Å². The van der Waals surface area contributed by atoms with Crippen molar-refractivity contribution in [3.8, 4) is 0 Å². The van der Waals surface area contributed by atoms with Gasteiger partial charge in [0.2, 0.25) is 0 Å². The maximum Gasteiger partial charge on any atom is 0.105 e. The maximum absolute atomic E-state index is 5.04. The van der Waals surface area contributed by atoms with Crippen LogP contribution in [0.15, 0.2) is 24.3 Å². The normalized spacial score (nSPS) is 9.17. The van der Waals surface area contributed by atoms with Crippen LogP contribution >= 0.6 is 23.2 Å². The Morgan fingerprint density at radius 1 is 1.00 bits per heavy atom. The summed E-state index contributed by atoms with van der Waals surface area (Å²) < 4.78 is 0. The van der Waals surface area contributed by atoms with E-state index in [4.69, 9.17) is 23.2 Å². The zero-order chi connectivity index (χ0) is 9.56. The molecule has 0 fully saturated rings. The van der Waals surface area contributed by atoms with Gasteiger partial charge in [0, 0.05) is 0 Å². The summed E-state index contributed by atoms with van der Waals surface area (Å²) in [4.78, 5) is -0.222. The SMILES string of the molecule is CC(Cl)Cl.Cc1ccccc1C. The minimum atomic E-state index is -0.222. The molecule has 12 heavy (non-hydrogen) atoms. The molecule has 0 heterocycles. The fraction of sp³-hybridized carbons (Fsp3) is 0.400. The molecule has 0 radical (unpaired) electrons. The Hall–Kier alpha value is -0.200. The van der Waals surface area contributed by atoms with Crippen LogP contribution in [0, 0.1) is 13.8 Å². The molecule has 0 N–H and O–H groups in total. The van der Waals surface area contributed by atoms with Crippen molar-refractivity contribution >= 4 is 23.2 Å². The zero-order valence-corrected chi connectivity index (χ0v) is 9.15. The first-order valence-electron chi connectivity index (χ1n) is 3.84. The van der Waals surface area contributed by atoms with Crippen LogP contribution in [0.3, 0.4) is 0 Å². The Labute approximate surface area is 84.5 Å². The highest BCUT2D eigenvalue weighted by Crippen LogP contribution is 2.02. The zero-order valence-electron chi connectivity index (χ0n) is 7.64. The van der Waals surface area contributed by atoms with Crippen LogP contribution in [0.2, 0.25) is 0 Å². The van der Waals surface area contributed by atoms with E-state index in [1.165, 1.54) is 11.1 Å². The van der Waals surface area contributed by atoms with E-state index in [2.05, 4.69) is 38.1 Å². The van der Waals surface area contributed by atoms with Crippen molar-refractivity contribution < 1.29 is 0 Å². The van der Waals surface area contributed by atoms with Crippen molar-refractivity contribution in [2.24, 2.45) is 0 Å². The van der Waals surface area contributed by atoms with Gasteiger partial charge < -0.3 is 0 Å². The summed E-state index contributed by atoms with van der Waals surface area (Å²) in [5, 5.41) is 0. The van der Waals surface area contributed by atoms with E-state index >= 15 is 0 Å². The highest BCUT2D eigenvalue weighted by Gasteiger charge is 1.83. The second-order valence-electron chi connectivity index (χ2n) is 2.60. The third-order valence-electron chi connectivity index (χ3n) is 1.43. The molecule has 0 saturated carbocycles. The highest BCUT2D eigenvalue weighted by molar-refractivity contribution is 6.43. The molecule has 1 aromatic carbocycles. The first-order valence-corrected chi connectivity index (χ1v) is 4.71. The predicted octanol–water partition coefficient (Wildman–Crippen LogP) is 4.11. The number of halogens is 2. The first-order chi connectivity index (χ1) is 5.54. The summed E-state index contributed by atoms with van der Waals surface area (Å²) in [6.45, 7) is 5.94. The van der Waals surface area contributed by atoms with Gasteiger partial charge in [0.15, 0.2) is 0 Å². The van der Waals surface area contributed by atoms with Gasteiger partial charge >= 0.3 is 0 Å². The minimum Gasteiger partial charge on any atom is -0.106 e. The largest absolute Gasteiger partial charge is 0.106 e. The predicted molar refractivity (Wildman–Crippen MR) is 57.1 cm³/mol. The Bertz CT molecular complexity index is 195. The number of benzene rings is 1. The topological polar surface area (TPSA) is 0 Å². The van der Waals surface area contributed by atoms with Crippen LogP contribution in [0.5, 0.6) is 0 Å². The lowest BCUT2D eigenvalue weighted by Crippen LogP contribution is -1.74. The quantitative estimate of drug-likeness (QED) is 0.559. The van der Waals surface area contributed by atoms with Crippen LogP contribution < -0.4 is 0 Å². The van der Waals surface area contributed by atoms with E-state index in [1.807, 2.05) is 0 Å². The molecule has 0 nitrogen and oxygen atoms in total. The lowest BCUT2D eigenvalue weighted by molar-refractivity contribution is 1.34. The van der Waals surface area contributed by atoms with Crippen molar-refractivity contribution in [3.63, 3.8) is 0 Å². The van der Waals surface area contributed by atoms with Gasteiger partial charge in [0.1, 0.15) is 4.84 Å². The van der Waals surface area contributed by atoms with Crippen molar-refractivity contribution in [2.45, 2.75) is 25.6 Å². The maximum atomic E-state index is 5.04. The number of rotatable bonds is 0. The lowest BCUT2D eigenvalue weighted by Gasteiger charge is -1.93. The molecule has 68 valence electrons. The second-order valence-corrected chi connectivity index (χ2v) is 4.14. The smallest absolute Gasteiger partial charge is 0.105 e. The van der Waals surface area contributed by atoms with Gasteiger partial charge in [-0.1, -0.05) is 24.3 Å². The number of hydrogen-bond acceptors (Lipinski definition) is 0. The van der Waals surface area contributed by atoms with Crippen LogP contribution in [-0.4, -0.2) is 4.84 Å². The van der Waals surface area contributed by atoms with E-state index in [1.54, 1.807) is 6.92 Å². The van der Waals surface area contributed by atoms with E-state index in [0.29, 0.717) is 0 Å². The molecule has 1 aromatic rings. The molecule has 0 bridgehead atoms. The summed E-state index contributed by atoms with van der Waals surface area (Å²) in [6.07, 6.45) is 0. The Morgan fingerprint density at radius 3 is 1.42 bits per heavy atom. The third-order valence-corrected chi connectivity index (χ3v) is 1.43. The highest BCUT2D eigenvalue weighted by atomic mass is 35.5. The molecule has 0 unspecified atom stereocenters. The van der Waals surface area contributed by atoms with E-state index in [0.717, 1.165) is 0 Å². The van der Waals surface area contributed by atoms with Crippen LogP contribution in [0.25, 0.3) is 0 Å². The van der Waals surface area contributed by atoms with Gasteiger partial charge in [-0.25, -0.2) is 0 Å². The monoisotopic (exact) mass is 204 g/mol. The van der Waals surface area contributed by atoms with E-state index in [9.17, 15) is 0 Å². The summed E-state index contributed by atoms with van der Waals surface area (Å²) >= 11 is 10.1. The van der Waals surface area contributed by atoms with Crippen LogP contribution in [0.4, 0.5) is 0 Å². The van der Waals surface area contributed by atoms with Gasteiger partial charge in [-0.3, -0.25) is 0 Å². The lowest BCUT2D eigenvalue weighted by atomic mass is 10.1. The minimum absolute atomic E-state index is 0.222. The fourth-order valence-electron chi connectivity index (χ4n) is 0.663. The summed E-state index contributed by atoms with van der Waals surface area (Å²) in [6, 6.07) is 8.36. The molecule has 0 aliphatic carbocycles. The Balaban J connectivity index is 0.000000261. The van der Waals surface area contributed by atoms with Crippen molar-refractivity contribution in [2.75, 3.05) is 0 Å². The van der Waals surface area contributed by atoms with Gasteiger partial charge in [0.25, 0.3) is 0 Å². The molecule has 0 aromatic heterocycles. The Kier molecular flexibility index (Phi) is 6.23. The second kappa shape index (κ2) is 6.33. The molecule has 0 spiro atoms. The molecule has 0 saturated heterocycles. The van der Waals surface area contributed by atoms with E-state index in [-0.39, 0.29) is 4.84 Å². The summed E-state index contributed by atoms with van der Waals surface area (Å²) in [7, 11) is 0. The molecule has 2 heteroatoms. The average molecular weight is 205 g/mol. The van der Waals surface area contributed by atoms with Crippen molar-refractivity contribution in [3.05, 3.63) is 35.4 Å².